The molecule has 78 heavy (non-hydrogen) atoms. The van der Waals surface area contributed by atoms with Crippen LogP contribution in [0.2, 0.25) is 0 Å². The maximum atomic E-state index is 4.77. The summed E-state index contributed by atoms with van der Waals surface area (Å²) in [4.78, 5) is 0. The van der Waals surface area contributed by atoms with Crippen LogP contribution < -0.4 is 0 Å². The van der Waals surface area contributed by atoms with Gasteiger partial charge < -0.3 is 18.3 Å². The first-order valence-electron chi connectivity index (χ1n) is 27.5. The Hall–Kier alpha value is -8.13. The molecule has 1 atom stereocenters. The van der Waals surface area contributed by atoms with E-state index in [9.17, 15) is 0 Å². The normalized spacial score (nSPS) is 17.1. The number of allylic oxidation sites excluding steroid dienone is 13. The molecule has 0 saturated carbocycles. The Kier molecular flexibility index (Phi) is 10.4. The number of rotatable bonds is 4. The maximum Gasteiger partial charge on any atom is 0.0788 e. The Morgan fingerprint density at radius 1 is 0.436 bits per heavy atom. The molecule has 8 aromatic carbocycles. The predicted octanol–water partition coefficient (Wildman–Crippen LogP) is 20.4. The third-order valence-corrected chi connectivity index (χ3v) is 18.5. The second kappa shape index (κ2) is 17.2. The summed E-state index contributed by atoms with van der Waals surface area (Å²) in [5.74, 6) is 0. The van der Waals surface area contributed by atoms with Gasteiger partial charge in [-0.1, -0.05) is 192 Å². The fourth-order valence-corrected chi connectivity index (χ4v) is 14.0. The number of para-hydroxylation sites is 1. The SMILES string of the molecule is C=C1/C=C\C=C2\C=CC=C(C2I)n2c3ccc(C(C)(C)C)cc3c3ccc4c5cc(-c6cccc(-c7ccc8c(c7)c7ccc9c%10cc(C(C)(C)C)ccc%10n(C%10=CC=CCC%10)c9c7n8-c7ccccc7)c6)ccc5n1c4c32. The van der Waals surface area contributed by atoms with E-state index >= 15 is 0 Å². The number of fused-ring (bicyclic) bond motifs is 16. The lowest BCUT2D eigenvalue weighted by Crippen LogP contribution is -2.13. The molecule has 0 amide bonds. The summed E-state index contributed by atoms with van der Waals surface area (Å²) in [5, 5.41) is 10.0. The lowest BCUT2D eigenvalue weighted by atomic mass is 9.86. The molecule has 5 heterocycles. The second-order valence-corrected chi connectivity index (χ2v) is 25.1. The predicted molar refractivity (Wildman–Crippen MR) is 344 cm³/mol. The quantitative estimate of drug-likeness (QED) is 0.124. The largest absolute Gasteiger partial charge is 0.311 e. The lowest BCUT2D eigenvalue weighted by Gasteiger charge is -2.23. The molecule has 3 aliphatic rings. The van der Waals surface area contributed by atoms with Crippen molar-refractivity contribution in [3.8, 4) is 27.9 Å². The van der Waals surface area contributed by atoms with Crippen molar-refractivity contribution in [1.82, 2.24) is 18.3 Å². The molecule has 1 aliphatic heterocycles. The van der Waals surface area contributed by atoms with Gasteiger partial charge >= 0.3 is 0 Å². The summed E-state index contributed by atoms with van der Waals surface area (Å²) in [6.07, 6.45) is 22.2. The number of alkyl halides is 1. The van der Waals surface area contributed by atoms with E-state index in [-0.39, 0.29) is 14.8 Å². The van der Waals surface area contributed by atoms with Gasteiger partial charge in [0.1, 0.15) is 0 Å². The van der Waals surface area contributed by atoms with E-state index < -0.39 is 0 Å². The highest BCUT2D eigenvalue weighted by atomic mass is 127. The van der Waals surface area contributed by atoms with E-state index in [0.29, 0.717) is 0 Å². The van der Waals surface area contributed by atoms with Gasteiger partial charge in [-0.3, -0.25) is 0 Å². The summed E-state index contributed by atoms with van der Waals surface area (Å²) in [6.45, 7) is 18.6. The molecule has 15 rings (SSSR count). The highest BCUT2D eigenvalue weighted by Gasteiger charge is 2.29. The third-order valence-electron chi connectivity index (χ3n) is 17.1. The smallest absolute Gasteiger partial charge is 0.0788 e. The Labute approximate surface area is 468 Å². The zero-order valence-electron chi connectivity index (χ0n) is 45.0. The first kappa shape index (κ1) is 47.1. The lowest BCUT2D eigenvalue weighted by molar-refractivity contribution is 0.591. The Morgan fingerprint density at radius 2 is 0.936 bits per heavy atom. The van der Waals surface area contributed by atoms with Gasteiger partial charge in [0, 0.05) is 65.9 Å². The van der Waals surface area contributed by atoms with Crippen LogP contribution in [0, 0.1) is 0 Å². The van der Waals surface area contributed by atoms with Crippen LogP contribution in [0.5, 0.6) is 0 Å². The molecule has 2 bridgehead atoms. The van der Waals surface area contributed by atoms with Crippen LogP contribution in [0.1, 0.15) is 65.5 Å². The molecule has 5 heteroatoms. The Morgan fingerprint density at radius 3 is 1.53 bits per heavy atom. The molecule has 0 saturated heterocycles. The highest BCUT2D eigenvalue weighted by Crippen LogP contribution is 2.48. The van der Waals surface area contributed by atoms with Crippen molar-refractivity contribution in [3.63, 3.8) is 0 Å². The minimum absolute atomic E-state index is 0.0114. The fraction of sp³-hybridized carbons (Fsp3) is 0.151. The van der Waals surface area contributed by atoms with Crippen molar-refractivity contribution >= 4 is 127 Å². The third kappa shape index (κ3) is 7.02. The summed E-state index contributed by atoms with van der Waals surface area (Å²) in [7, 11) is 0. The number of nitrogens with zero attached hydrogens (tertiary/aromatic N) is 4. The number of halogens is 1. The van der Waals surface area contributed by atoms with Crippen LogP contribution in [-0.4, -0.2) is 22.2 Å². The molecule has 4 nitrogen and oxygen atoms in total. The Balaban J connectivity index is 0.926. The van der Waals surface area contributed by atoms with Gasteiger partial charge in [0.25, 0.3) is 0 Å². The molecule has 0 N–H and O–H groups in total. The highest BCUT2D eigenvalue weighted by molar-refractivity contribution is 14.1. The summed E-state index contributed by atoms with van der Waals surface area (Å²) >= 11 is 2.63. The van der Waals surface area contributed by atoms with Crippen molar-refractivity contribution in [1.29, 1.82) is 0 Å². The zero-order chi connectivity index (χ0) is 52.9. The second-order valence-electron chi connectivity index (χ2n) is 23.9. The first-order chi connectivity index (χ1) is 37.8. The average Bonchev–Trinajstić information content (AvgIpc) is 4.00. The molecule has 0 fully saturated rings. The number of benzene rings is 8. The summed E-state index contributed by atoms with van der Waals surface area (Å²) in [5.41, 5.74) is 23.1. The molecular formula is C73H59IN4. The molecule has 378 valence electrons. The van der Waals surface area contributed by atoms with Crippen LogP contribution in [0.4, 0.5) is 0 Å². The van der Waals surface area contributed by atoms with E-state index in [2.05, 4.69) is 289 Å². The van der Waals surface area contributed by atoms with E-state index in [1.807, 2.05) is 0 Å². The minimum atomic E-state index is 0.0114. The standard InChI is InChI=1S/C73H59IN4/c1-44-17-14-18-45-19-16-26-66(67(45)74)78-65-38-30-51(73(5,6)7)43-61(65)57-34-31-54-58-40-48(27-35-62(58)75(44)68(54)71(57)78)46-20-15-21-47(39-46)49-28-36-63-59(41-49)55-32-33-56-60-42-50(72(2,3)4)29-37-64(60)77(53-24-12-9-13-25-53)70(56)69(55)76(63)52-22-10-8-11-23-52/h8-12,14-24,26-43,67H,1,13,25H2,2-7H3/b17-14-,45-18-. The van der Waals surface area contributed by atoms with Gasteiger partial charge in [0.15, 0.2) is 0 Å². The number of aromatic nitrogens is 4. The van der Waals surface area contributed by atoms with Crippen molar-refractivity contribution in [2.24, 2.45) is 0 Å². The van der Waals surface area contributed by atoms with E-state index in [1.165, 1.54) is 132 Å². The molecule has 0 radical (unpaired) electrons. The van der Waals surface area contributed by atoms with Crippen LogP contribution in [-0.2, 0) is 10.8 Å². The van der Waals surface area contributed by atoms with Crippen LogP contribution in [0.3, 0.4) is 0 Å². The van der Waals surface area contributed by atoms with Crippen molar-refractivity contribution in [2.75, 3.05) is 0 Å². The van der Waals surface area contributed by atoms with E-state index in [1.54, 1.807) is 0 Å². The van der Waals surface area contributed by atoms with Gasteiger partial charge in [0.2, 0.25) is 0 Å². The summed E-state index contributed by atoms with van der Waals surface area (Å²) < 4.78 is 10.2. The average molecular weight is 1120 g/mol. The topological polar surface area (TPSA) is 19.7 Å². The maximum absolute atomic E-state index is 4.77. The molecule has 12 aromatic rings. The minimum Gasteiger partial charge on any atom is -0.311 e. The van der Waals surface area contributed by atoms with E-state index in [0.717, 1.165) is 29.7 Å². The molecular weight excluding hydrogens is 1060 g/mol. The fourth-order valence-electron chi connectivity index (χ4n) is 13.1. The number of hydrogen-bond donors (Lipinski definition) is 0. The first-order valence-corrected chi connectivity index (χ1v) is 28.8. The molecule has 2 aliphatic carbocycles. The van der Waals surface area contributed by atoms with Crippen LogP contribution in [0.15, 0.2) is 218 Å². The summed E-state index contributed by atoms with van der Waals surface area (Å²) in [6, 6.07) is 58.0. The van der Waals surface area contributed by atoms with Crippen LogP contribution in [0.25, 0.3) is 132 Å². The van der Waals surface area contributed by atoms with Gasteiger partial charge in [0.05, 0.1) is 48.1 Å². The Bertz CT molecular complexity index is 4820. The van der Waals surface area contributed by atoms with E-state index in [4.69, 9.17) is 6.58 Å². The molecule has 0 spiro atoms. The molecule has 4 aromatic heterocycles. The number of hydrogen-bond acceptors (Lipinski definition) is 0. The molecule has 1 unspecified atom stereocenters. The van der Waals surface area contributed by atoms with Crippen molar-refractivity contribution in [2.45, 2.75) is 69.1 Å². The van der Waals surface area contributed by atoms with Gasteiger partial charge in [-0.25, -0.2) is 0 Å². The van der Waals surface area contributed by atoms with Gasteiger partial charge in [-0.2, -0.15) is 0 Å². The van der Waals surface area contributed by atoms with Gasteiger partial charge in [-0.15, -0.1) is 0 Å². The van der Waals surface area contributed by atoms with Gasteiger partial charge in [-0.05, 0) is 148 Å². The van der Waals surface area contributed by atoms with Crippen molar-refractivity contribution in [3.05, 3.63) is 230 Å². The monoisotopic (exact) mass is 1120 g/mol. The van der Waals surface area contributed by atoms with Crippen LogP contribution >= 0.6 is 22.6 Å². The van der Waals surface area contributed by atoms with Crippen molar-refractivity contribution < 1.29 is 0 Å². The zero-order valence-corrected chi connectivity index (χ0v) is 47.2.